The van der Waals surface area contributed by atoms with Gasteiger partial charge in [-0.2, -0.15) is 0 Å². The summed E-state index contributed by atoms with van der Waals surface area (Å²) >= 11 is 0. The zero-order valence-corrected chi connectivity index (χ0v) is 12.3. The van der Waals surface area contributed by atoms with Crippen LogP contribution in [0.25, 0.3) is 0 Å². The summed E-state index contributed by atoms with van der Waals surface area (Å²) in [7, 11) is 0. The summed E-state index contributed by atoms with van der Waals surface area (Å²) in [5.41, 5.74) is 5.33. The van der Waals surface area contributed by atoms with Crippen molar-refractivity contribution >= 4 is 12.3 Å². The number of nitrogens with zero attached hydrogens (tertiary/aromatic N) is 1. The van der Waals surface area contributed by atoms with Crippen LogP contribution in [-0.4, -0.2) is 43.0 Å². The minimum absolute atomic E-state index is 0.0195. The first kappa shape index (κ1) is 15.9. The standard InChI is InChI=1S/C13H24N2O4/c1-8(6-17-10(3)16)11-12(9(2)15-7-14)19-13(4,5)18-11/h7-9,11-12H,6H2,1-5H3,(H2,14,15)/t8-,9-,11-,12+/m1/s1. The van der Waals surface area contributed by atoms with E-state index in [1.807, 2.05) is 27.7 Å². The van der Waals surface area contributed by atoms with E-state index in [-0.39, 0.29) is 30.1 Å². The molecule has 1 aliphatic rings. The van der Waals surface area contributed by atoms with E-state index >= 15 is 0 Å². The van der Waals surface area contributed by atoms with Crippen molar-refractivity contribution < 1.29 is 19.0 Å². The fourth-order valence-corrected chi connectivity index (χ4v) is 2.19. The van der Waals surface area contributed by atoms with E-state index in [2.05, 4.69) is 4.99 Å². The monoisotopic (exact) mass is 272 g/mol. The van der Waals surface area contributed by atoms with Crippen molar-refractivity contribution in [1.29, 1.82) is 0 Å². The molecule has 1 saturated heterocycles. The Bertz CT molecular complexity index is 344. The largest absolute Gasteiger partial charge is 0.465 e. The minimum atomic E-state index is -0.668. The number of hydrogen-bond donors (Lipinski definition) is 1. The summed E-state index contributed by atoms with van der Waals surface area (Å²) in [5.74, 6) is -0.946. The minimum Gasteiger partial charge on any atom is -0.465 e. The van der Waals surface area contributed by atoms with Gasteiger partial charge in [0.25, 0.3) is 0 Å². The van der Waals surface area contributed by atoms with Crippen molar-refractivity contribution in [3.05, 3.63) is 0 Å². The van der Waals surface area contributed by atoms with Gasteiger partial charge in [0, 0.05) is 12.8 Å². The van der Waals surface area contributed by atoms with Crippen molar-refractivity contribution in [3.63, 3.8) is 0 Å². The van der Waals surface area contributed by atoms with Crippen LogP contribution in [0.15, 0.2) is 4.99 Å². The molecule has 0 aromatic heterocycles. The molecule has 0 bridgehead atoms. The van der Waals surface area contributed by atoms with Gasteiger partial charge in [-0.15, -0.1) is 0 Å². The van der Waals surface area contributed by atoms with Gasteiger partial charge in [-0.3, -0.25) is 9.79 Å². The van der Waals surface area contributed by atoms with Gasteiger partial charge in [0.05, 0.1) is 25.1 Å². The van der Waals surface area contributed by atoms with E-state index in [1.165, 1.54) is 13.3 Å². The molecule has 0 unspecified atom stereocenters. The third-order valence-corrected chi connectivity index (χ3v) is 3.07. The molecule has 0 saturated carbocycles. The SMILES string of the molecule is CC(=O)OC[C@@H](C)[C@H]1OC(C)(C)O[C@H]1[C@@H](C)N=CN. The second kappa shape index (κ2) is 6.34. The van der Waals surface area contributed by atoms with Crippen LogP contribution < -0.4 is 5.73 Å². The highest BCUT2D eigenvalue weighted by atomic mass is 16.8. The highest BCUT2D eigenvalue weighted by Gasteiger charge is 2.46. The molecule has 2 N–H and O–H groups in total. The van der Waals surface area contributed by atoms with E-state index in [1.54, 1.807) is 0 Å². The maximum Gasteiger partial charge on any atom is 0.302 e. The first-order valence-corrected chi connectivity index (χ1v) is 6.49. The topological polar surface area (TPSA) is 83.1 Å². The molecule has 4 atom stereocenters. The molecule has 110 valence electrons. The quantitative estimate of drug-likeness (QED) is 0.460. The van der Waals surface area contributed by atoms with Gasteiger partial charge in [-0.25, -0.2) is 0 Å². The molecular formula is C13H24N2O4. The van der Waals surface area contributed by atoms with Crippen LogP contribution in [0.3, 0.4) is 0 Å². The molecular weight excluding hydrogens is 248 g/mol. The van der Waals surface area contributed by atoms with Crippen LogP contribution in [0, 0.1) is 5.92 Å². The van der Waals surface area contributed by atoms with E-state index in [0.29, 0.717) is 6.61 Å². The first-order chi connectivity index (χ1) is 8.76. The van der Waals surface area contributed by atoms with Crippen LogP contribution >= 0.6 is 0 Å². The van der Waals surface area contributed by atoms with Gasteiger partial charge < -0.3 is 19.9 Å². The van der Waals surface area contributed by atoms with E-state index in [9.17, 15) is 4.79 Å². The molecule has 0 aromatic carbocycles. The number of aliphatic imine (C=N–C) groups is 1. The average molecular weight is 272 g/mol. The van der Waals surface area contributed by atoms with Crippen LogP contribution in [-0.2, 0) is 19.0 Å². The van der Waals surface area contributed by atoms with Crippen LogP contribution in [0.4, 0.5) is 0 Å². The van der Waals surface area contributed by atoms with Crippen molar-refractivity contribution in [1.82, 2.24) is 0 Å². The van der Waals surface area contributed by atoms with Gasteiger partial charge in [-0.1, -0.05) is 6.92 Å². The zero-order valence-electron chi connectivity index (χ0n) is 12.3. The molecule has 1 rings (SSSR count). The lowest BCUT2D eigenvalue weighted by Crippen LogP contribution is -2.38. The molecule has 1 aliphatic heterocycles. The molecule has 1 heterocycles. The van der Waals surface area contributed by atoms with Crippen molar-refractivity contribution in [2.24, 2.45) is 16.6 Å². The summed E-state index contributed by atoms with van der Waals surface area (Å²) in [4.78, 5) is 15.0. The highest BCUT2D eigenvalue weighted by molar-refractivity contribution is 5.65. The molecule has 0 aromatic rings. The Morgan fingerprint density at radius 2 is 2.00 bits per heavy atom. The number of nitrogens with two attached hydrogens (primary N) is 1. The first-order valence-electron chi connectivity index (χ1n) is 6.49. The smallest absolute Gasteiger partial charge is 0.302 e. The van der Waals surface area contributed by atoms with Crippen LogP contribution in [0.2, 0.25) is 0 Å². The number of hydrogen-bond acceptors (Lipinski definition) is 5. The lowest BCUT2D eigenvalue weighted by atomic mass is 9.96. The normalized spacial score (nSPS) is 29.3. The van der Waals surface area contributed by atoms with Gasteiger partial charge in [0.2, 0.25) is 0 Å². The van der Waals surface area contributed by atoms with Crippen molar-refractivity contribution in [3.8, 4) is 0 Å². The van der Waals surface area contributed by atoms with Gasteiger partial charge >= 0.3 is 5.97 Å². The van der Waals surface area contributed by atoms with Gasteiger partial charge in [-0.05, 0) is 20.8 Å². The summed E-state index contributed by atoms with van der Waals surface area (Å²) in [6.45, 7) is 9.29. The lowest BCUT2D eigenvalue weighted by Gasteiger charge is -2.25. The summed E-state index contributed by atoms with van der Waals surface area (Å²) in [5, 5.41) is 0. The Morgan fingerprint density at radius 3 is 2.53 bits per heavy atom. The fraction of sp³-hybridized carbons (Fsp3) is 0.846. The molecule has 0 aliphatic carbocycles. The summed E-state index contributed by atoms with van der Waals surface area (Å²) in [6.07, 6.45) is 0.876. The second-order valence-electron chi connectivity index (χ2n) is 5.38. The summed E-state index contributed by atoms with van der Waals surface area (Å²) < 4.78 is 16.8. The molecule has 1 fully saturated rings. The van der Waals surface area contributed by atoms with E-state index < -0.39 is 5.79 Å². The number of ether oxygens (including phenoxy) is 3. The van der Waals surface area contributed by atoms with Gasteiger partial charge in [0.1, 0.15) is 6.10 Å². The van der Waals surface area contributed by atoms with Crippen LogP contribution in [0.1, 0.15) is 34.6 Å². The van der Waals surface area contributed by atoms with Crippen LogP contribution in [0.5, 0.6) is 0 Å². The molecule has 19 heavy (non-hydrogen) atoms. The second-order valence-corrected chi connectivity index (χ2v) is 5.38. The maximum atomic E-state index is 10.9. The molecule has 0 amide bonds. The highest BCUT2D eigenvalue weighted by Crippen LogP contribution is 2.34. The third-order valence-electron chi connectivity index (χ3n) is 3.07. The number of rotatable bonds is 5. The zero-order chi connectivity index (χ0) is 14.6. The average Bonchev–Trinajstić information content (AvgIpc) is 2.62. The Labute approximate surface area is 114 Å². The third kappa shape index (κ3) is 4.47. The molecule has 0 radical (unpaired) electrons. The summed E-state index contributed by atoms with van der Waals surface area (Å²) in [6, 6.07) is -0.114. The number of esters is 1. The molecule has 0 spiro atoms. The van der Waals surface area contributed by atoms with E-state index in [4.69, 9.17) is 19.9 Å². The molecule has 6 nitrogen and oxygen atoms in total. The Balaban J connectivity index is 2.73. The predicted octanol–water partition coefficient (Wildman–Crippen LogP) is 1.08. The Kier molecular flexibility index (Phi) is 5.31. The van der Waals surface area contributed by atoms with Crippen molar-refractivity contribution in [2.75, 3.05) is 6.61 Å². The lowest BCUT2D eigenvalue weighted by molar-refractivity contribution is -0.155. The van der Waals surface area contributed by atoms with Crippen molar-refractivity contribution in [2.45, 2.75) is 58.7 Å². The maximum absolute atomic E-state index is 10.9. The number of carbonyl (C=O) groups is 1. The van der Waals surface area contributed by atoms with E-state index in [0.717, 1.165) is 0 Å². The van der Waals surface area contributed by atoms with Gasteiger partial charge in [0.15, 0.2) is 5.79 Å². The predicted molar refractivity (Wildman–Crippen MR) is 71.8 cm³/mol. The number of carbonyl (C=O) groups excluding carboxylic acids is 1. The Morgan fingerprint density at radius 1 is 1.42 bits per heavy atom. The molecule has 6 heteroatoms. The Hall–Kier alpha value is -1.14. The fourth-order valence-electron chi connectivity index (χ4n) is 2.19.